The van der Waals surface area contributed by atoms with E-state index in [1.165, 1.54) is 6.92 Å². The Balaban J connectivity index is 1.82. The molecule has 2 aromatic rings. The first kappa shape index (κ1) is 21.5. The molecule has 3 rings (SSSR count). The van der Waals surface area contributed by atoms with Gasteiger partial charge in [-0.3, -0.25) is 9.59 Å². The van der Waals surface area contributed by atoms with Crippen LogP contribution in [0.5, 0.6) is 0 Å². The second kappa shape index (κ2) is 8.66. The van der Waals surface area contributed by atoms with Gasteiger partial charge in [0, 0.05) is 41.4 Å². The van der Waals surface area contributed by atoms with Crippen molar-refractivity contribution in [2.45, 2.75) is 65.0 Å². The predicted molar refractivity (Wildman–Crippen MR) is 116 cm³/mol. The number of hydrogen-bond acceptors (Lipinski definition) is 6. The molecule has 8 heteroatoms. The van der Waals surface area contributed by atoms with Crippen molar-refractivity contribution in [3.63, 3.8) is 0 Å². The van der Waals surface area contributed by atoms with E-state index in [9.17, 15) is 14.9 Å². The highest BCUT2D eigenvalue weighted by Crippen LogP contribution is 2.28. The molecule has 2 heterocycles. The first-order valence-corrected chi connectivity index (χ1v) is 10.2. The minimum absolute atomic E-state index is 0.0350. The summed E-state index contributed by atoms with van der Waals surface area (Å²) in [7, 11) is 0. The SMILES string of the molecule is CC(=O)N[C@@H]1CCC[C@H](C(=O)Nc2cc3c(NC(C)(C)C)nc(C#N)cc3cn2)C1. The van der Waals surface area contributed by atoms with Crippen molar-refractivity contribution in [2.75, 3.05) is 10.6 Å². The molecule has 0 spiro atoms. The lowest BCUT2D eigenvalue weighted by molar-refractivity contribution is -0.123. The summed E-state index contributed by atoms with van der Waals surface area (Å²) in [6.45, 7) is 7.53. The Kier molecular flexibility index (Phi) is 6.20. The number of nitrogens with zero attached hydrogens (tertiary/aromatic N) is 3. The first-order chi connectivity index (χ1) is 14.1. The van der Waals surface area contributed by atoms with Gasteiger partial charge in [-0.25, -0.2) is 9.97 Å². The summed E-state index contributed by atoms with van der Waals surface area (Å²) in [5.74, 6) is 0.694. The Hall–Kier alpha value is -3.21. The van der Waals surface area contributed by atoms with Gasteiger partial charge in [0.15, 0.2) is 0 Å². The van der Waals surface area contributed by atoms with Crippen LogP contribution in [0.4, 0.5) is 11.6 Å². The van der Waals surface area contributed by atoms with Crippen LogP contribution in [0.2, 0.25) is 0 Å². The van der Waals surface area contributed by atoms with E-state index >= 15 is 0 Å². The number of pyridine rings is 2. The standard InChI is InChI=1S/C22H28N6O2/c1-13(29)25-16-7-5-6-14(8-16)21(30)27-19-10-18-15(12-24-19)9-17(11-23)26-20(18)28-22(2,3)4/h9-10,12,14,16H,5-8H2,1-4H3,(H,25,29)(H,26,28)(H,24,27,30)/t14-,16+/m0/s1. The van der Waals surface area contributed by atoms with Crippen LogP contribution in [0, 0.1) is 17.2 Å². The number of amides is 2. The van der Waals surface area contributed by atoms with E-state index in [2.05, 4.69) is 32.0 Å². The Morgan fingerprint density at radius 2 is 2.00 bits per heavy atom. The van der Waals surface area contributed by atoms with Crippen molar-refractivity contribution in [2.24, 2.45) is 5.92 Å². The minimum Gasteiger partial charge on any atom is -0.365 e. The topological polar surface area (TPSA) is 120 Å². The van der Waals surface area contributed by atoms with Crippen LogP contribution in [-0.4, -0.2) is 33.4 Å². The fraction of sp³-hybridized carbons (Fsp3) is 0.500. The Morgan fingerprint density at radius 3 is 2.67 bits per heavy atom. The molecule has 158 valence electrons. The number of aromatic nitrogens is 2. The monoisotopic (exact) mass is 408 g/mol. The van der Waals surface area contributed by atoms with E-state index in [4.69, 9.17) is 0 Å². The molecule has 1 fully saturated rings. The van der Waals surface area contributed by atoms with Gasteiger partial charge in [0.25, 0.3) is 0 Å². The van der Waals surface area contributed by atoms with E-state index in [1.54, 1.807) is 18.3 Å². The average molecular weight is 409 g/mol. The van der Waals surface area contributed by atoms with Crippen LogP contribution in [0.1, 0.15) is 59.1 Å². The molecular weight excluding hydrogens is 380 g/mol. The predicted octanol–water partition coefficient (Wildman–Crippen LogP) is 3.35. The number of carbonyl (C=O) groups excluding carboxylic acids is 2. The normalized spacial score (nSPS) is 19.0. The lowest BCUT2D eigenvalue weighted by Gasteiger charge is -2.28. The van der Waals surface area contributed by atoms with Gasteiger partial charge in [0.05, 0.1) is 0 Å². The number of fused-ring (bicyclic) bond motifs is 1. The molecule has 0 radical (unpaired) electrons. The van der Waals surface area contributed by atoms with Crippen LogP contribution in [0.15, 0.2) is 18.3 Å². The zero-order valence-electron chi connectivity index (χ0n) is 17.9. The Morgan fingerprint density at radius 1 is 1.23 bits per heavy atom. The molecular formula is C22H28N6O2. The van der Waals surface area contributed by atoms with Crippen LogP contribution >= 0.6 is 0 Å². The van der Waals surface area contributed by atoms with Gasteiger partial charge < -0.3 is 16.0 Å². The van der Waals surface area contributed by atoms with E-state index in [0.29, 0.717) is 23.8 Å². The smallest absolute Gasteiger partial charge is 0.228 e. The van der Waals surface area contributed by atoms with Crippen LogP contribution in [-0.2, 0) is 9.59 Å². The fourth-order valence-corrected chi connectivity index (χ4v) is 3.80. The third-order valence-electron chi connectivity index (χ3n) is 5.03. The number of nitrogens with one attached hydrogen (secondary N) is 3. The molecule has 0 unspecified atom stereocenters. The summed E-state index contributed by atoms with van der Waals surface area (Å²) in [6.07, 6.45) is 4.85. The van der Waals surface area contributed by atoms with Gasteiger partial charge >= 0.3 is 0 Å². The summed E-state index contributed by atoms with van der Waals surface area (Å²) in [5, 5.41) is 20.0. The highest BCUT2D eigenvalue weighted by atomic mass is 16.2. The van der Waals surface area contributed by atoms with Crippen molar-refractivity contribution in [3.8, 4) is 6.07 Å². The van der Waals surface area contributed by atoms with E-state index in [-0.39, 0.29) is 29.3 Å². The summed E-state index contributed by atoms with van der Waals surface area (Å²) in [5.41, 5.74) is 0.0562. The molecule has 2 aromatic heterocycles. The highest BCUT2D eigenvalue weighted by molar-refractivity contribution is 5.97. The van der Waals surface area contributed by atoms with Crippen LogP contribution in [0.25, 0.3) is 10.8 Å². The van der Waals surface area contributed by atoms with Crippen molar-refractivity contribution in [1.29, 1.82) is 5.26 Å². The van der Waals surface area contributed by atoms with Gasteiger partial charge in [0.1, 0.15) is 23.4 Å². The molecule has 1 saturated carbocycles. The molecule has 3 N–H and O–H groups in total. The molecule has 2 amide bonds. The van der Waals surface area contributed by atoms with Gasteiger partial charge in [-0.1, -0.05) is 6.42 Å². The third-order valence-corrected chi connectivity index (χ3v) is 5.03. The van der Waals surface area contributed by atoms with Gasteiger partial charge in [-0.15, -0.1) is 0 Å². The summed E-state index contributed by atoms with van der Waals surface area (Å²) in [6, 6.07) is 5.57. The van der Waals surface area contributed by atoms with E-state index in [0.717, 1.165) is 30.0 Å². The molecule has 1 aliphatic rings. The first-order valence-electron chi connectivity index (χ1n) is 10.2. The van der Waals surface area contributed by atoms with Gasteiger partial charge in [0.2, 0.25) is 11.8 Å². The molecule has 1 aliphatic carbocycles. The largest absolute Gasteiger partial charge is 0.365 e. The highest BCUT2D eigenvalue weighted by Gasteiger charge is 2.28. The van der Waals surface area contributed by atoms with Crippen LogP contribution < -0.4 is 16.0 Å². The maximum atomic E-state index is 12.8. The minimum atomic E-state index is -0.248. The average Bonchev–Trinajstić information content (AvgIpc) is 2.66. The molecule has 0 bridgehead atoms. The molecule has 0 saturated heterocycles. The number of anilines is 2. The number of rotatable bonds is 4. The van der Waals surface area contributed by atoms with Crippen molar-refractivity contribution in [3.05, 3.63) is 24.0 Å². The van der Waals surface area contributed by atoms with Crippen molar-refractivity contribution >= 4 is 34.2 Å². The van der Waals surface area contributed by atoms with Crippen LogP contribution in [0.3, 0.4) is 0 Å². The maximum absolute atomic E-state index is 12.8. The second-order valence-electron chi connectivity index (χ2n) is 8.88. The van der Waals surface area contributed by atoms with Crippen molar-refractivity contribution in [1.82, 2.24) is 15.3 Å². The third kappa shape index (κ3) is 5.44. The Labute approximate surface area is 176 Å². The number of hydrogen-bond donors (Lipinski definition) is 3. The molecule has 2 atom stereocenters. The molecule has 0 aromatic carbocycles. The zero-order chi connectivity index (χ0) is 21.9. The summed E-state index contributed by atoms with van der Waals surface area (Å²) in [4.78, 5) is 32.9. The lowest BCUT2D eigenvalue weighted by atomic mass is 9.85. The molecule has 0 aliphatic heterocycles. The summed E-state index contributed by atoms with van der Waals surface area (Å²) >= 11 is 0. The van der Waals surface area contributed by atoms with Crippen molar-refractivity contribution < 1.29 is 9.59 Å². The van der Waals surface area contributed by atoms with E-state index in [1.807, 2.05) is 20.8 Å². The lowest BCUT2D eigenvalue weighted by Crippen LogP contribution is -2.40. The number of carbonyl (C=O) groups is 2. The quantitative estimate of drug-likeness (QED) is 0.714. The zero-order valence-corrected chi connectivity index (χ0v) is 17.9. The van der Waals surface area contributed by atoms with Gasteiger partial charge in [-0.2, -0.15) is 5.26 Å². The maximum Gasteiger partial charge on any atom is 0.228 e. The molecule has 8 nitrogen and oxygen atoms in total. The number of nitriles is 1. The second-order valence-corrected chi connectivity index (χ2v) is 8.88. The van der Waals surface area contributed by atoms with E-state index < -0.39 is 0 Å². The molecule has 30 heavy (non-hydrogen) atoms. The fourth-order valence-electron chi connectivity index (χ4n) is 3.80. The van der Waals surface area contributed by atoms with Gasteiger partial charge in [-0.05, 0) is 52.2 Å². The summed E-state index contributed by atoms with van der Waals surface area (Å²) < 4.78 is 0. The Bertz CT molecular complexity index is 1010.